The van der Waals surface area contributed by atoms with Crippen molar-refractivity contribution in [2.45, 2.75) is 26.2 Å². The number of nitriles is 1. The van der Waals surface area contributed by atoms with Crippen LogP contribution in [0.15, 0.2) is 48.0 Å². The molecule has 0 fully saturated rings. The standard InChI is InChI=1S/C22H23NO3/c1-22(2,3)18-9-7-16(8-10-18)21(24)17(14-23)12-15-6-11-19(25-4)20(13-15)26-5/h6-13H,1-5H3/b17-12+. The van der Waals surface area contributed by atoms with Crippen LogP contribution in [0.25, 0.3) is 6.08 Å². The first-order valence-electron chi connectivity index (χ1n) is 8.29. The molecule has 4 nitrogen and oxygen atoms in total. The molecular formula is C22H23NO3. The zero-order chi connectivity index (χ0) is 19.3. The molecular weight excluding hydrogens is 326 g/mol. The molecule has 0 radical (unpaired) electrons. The summed E-state index contributed by atoms with van der Waals surface area (Å²) >= 11 is 0. The van der Waals surface area contributed by atoms with Crippen LogP contribution >= 0.6 is 0 Å². The van der Waals surface area contributed by atoms with Crippen LogP contribution in [0.1, 0.15) is 42.3 Å². The van der Waals surface area contributed by atoms with E-state index in [-0.39, 0.29) is 16.8 Å². The van der Waals surface area contributed by atoms with Crippen LogP contribution in [-0.4, -0.2) is 20.0 Å². The fourth-order valence-corrected chi connectivity index (χ4v) is 2.53. The molecule has 0 aliphatic carbocycles. The van der Waals surface area contributed by atoms with Gasteiger partial charge in [-0.15, -0.1) is 0 Å². The third-order valence-electron chi connectivity index (χ3n) is 4.10. The van der Waals surface area contributed by atoms with Crippen molar-refractivity contribution in [3.8, 4) is 17.6 Å². The first-order chi connectivity index (χ1) is 12.3. The van der Waals surface area contributed by atoms with E-state index in [0.29, 0.717) is 22.6 Å². The molecule has 0 aromatic heterocycles. The predicted molar refractivity (Wildman–Crippen MR) is 103 cm³/mol. The Hall–Kier alpha value is -3.06. The first kappa shape index (κ1) is 19.3. The lowest BCUT2D eigenvalue weighted by atomic mass is 9.86. The maximum Gasteiger partial charge on any atom is 0.203 e. The smallest absolute Gasteiger partial charge is 0.203 e. The molecule has 4 heteroatoms. The number of rotatable bonds is 5. The molecule has 2 aromatic carbocycles. The number of ketones is 1. The van der Waals surface area contributed by atoms with E-state index in [4.69, 9.17) is 9.47 Å². The highest BCUT2D eigenvalue weighted by Gasteiger charge is 2.16. The quantitative estimate of drug-likeness (QED) is 0.442. The molecule has 0 saturated carbocycles. The summed E-state index contributed by atoms with van der Waals surface area (Å²) in [5.41, 5.74) is 2.40. The molecule has 0 atom stereocenters. The summed E-state index contributed by atoms with van der Waals surface area (Å²) in [4.78, 5) is 12.7. The van der Waals surface area contributed by atoms with E-state index < -0.39 is 0 Å². The van der Waals surface area contributed by atoms with Gasteiger partial charge in [0.05, 0.1) is 14.2 Å². The maximum absolute atomic E-state index is 12.7. The summed E-state index contributed by atoms with van der Waals surface area (Å²) < 4.78 is 10.5. The van der Waals surface area contributed by atoms with Gasteiger partial charge in [-0.3, -0.25) is 4.79 Å². The van der Waals surface area contributed by atoms with Gasteiger partial charge < -0.3 is 9.47 Å². The highest BCUT2D eigenvalue weighted by molar-refractivity contribution is 6.14. The van der Waals surface area contributed by atoms with Gasteiger partial charge in [-0.1, -0.05) is 51.1 Å². The minimum atomic E-state index is -0.303. The van der Waals surface area contributed by atoms with Crippen LogP contribution in [0.4, 0.5) is 0 Å². The summed E-state index contributed by atoms with van der Waals surface area (Å²) in [7, 11) is 3.09. The van der Waals surface area contributed by atoms with E-state index >= 15 is 0 Å². The molecule has 2 aromatic rings. The molecule has 26 heavy (non-hydrogen) atoms. The van der Waals surface area contributed by atoms with Crippen LogP contribution < -0.4 is 9.47 Å². The average Bonchev–Trinajstić information content (AvgIpc) is 2.64. The number of allylic oxidation sites excluding steroid dienone is 1. The molecule has 0 N–H and O–H groups in total. The molecule has 134 valence electrons. The highest BCUT2D eigenvalue weighted by atomic mass is 16.5. The number of Topliss-reactive ketones (excluding diaryl/α,β-unsaturated/α-hetero) is 1. The molecule has 0 bridgehead atoms. The van der Waals surface area contributed by atoms with Crippen LogP contribution in [0, 0.1) is 11.3 Å². The zero-order valence-electron chi connectivity index (χ0n) is 15.8. The summed E-state index contributed by atoms with van der Waals surface area (Å²) in [6, 6.07) is 14.6. The SMILES string of the molecule is COc1ccc(/C=C(\C#N)C(=O)c2ccc(C(C)(C)C)cc2)cc1OC. The number of hydrogen-bond donors (Lipinski definition) is 0. The van der Waals surface area contributed by atoms with E-state index in [0.717, 1.165) is 5.56 Å². The molecule has 0 aliphatic heterocycles. The summed E-state index contributed by atoms with van der Waals surface area (Å²) in [6.07, 6.45) is 1.56. The molecule has 0 unspecified atom stereocenters. The van der Waals surface area contributed by atoms with Gasteiger partial charge in [-0.05, 0) is 34.8 Å². The van der Waals surface area contributed by atoms with Gasteiger partial charge in [0, 0.05) is 5.56 Å². The second-order valence-electron chi connectivity index (χ2n) is 6.94. The monoisotopic (exact) mass is 349 g/mol. The fourth-order valence-electron chi connectivity index (χ4n) is 2.53. The number of hydrogen-bond acceptors (Lipinski definition) is 4. The fraction of sp³-hybridized carbons (Fsp3) is 0.273. The van der Waals surface area contributed by atoms with Gasteiger partial charge in [0.25, 0.3) is 0 Å². The molecule has 2 rings (SSSR count). The van der Waals surface area contributed by atoms with E-state index in [1.54, 1.807) is 50.6 Å². The van der Waals surface area contributed by atoms with Crippen molar-refractivity contribution in [3.05, 3.63) is 64.7 Å². The van der Waals surface area contributed by atoms with E-state index in [1.807, 2.05) is 18.2 Å². The number of nitrogens with zero attached hydrogens (tertiary/aromatic N) is 1. The van der Waals surface area contributed by atoms with Crippen molar-refractivity contribution >= 4 is 11.9 Å². The number of carbonyl (C=O) groups excluding carboxylic acids is 1. The Kier molecular flexibility index (Phi) is 5.84. The summed E-state index contributed by atoms with van der Waals surface area (Å²) in [5.74, 6) is 0.829. The Morgan fingerprint density at radius 1 is 1.00 bits per heavy atom. The van der Waals surface area contributed by atoms with Gasteiger partial charge in [0.1, 0.15) is 11.6 Å². The number of carbonyl (C=O) groups is 1. The Morgan fingerprint density at radius 2 is 1.62 bits per heavy atom. The van der Waals surface area contributed by atoms with Crippen molar-refractivity contribution in [2.75, 3.05) is 14.2 Å². The van der Waals surface area contributed by atoms with Crippen LogP contribution in [-0.2, 0) is 5.41 Å². The lowest BCUT2D eigenvalue weighted by Crippen LogP contribution is -2.11. The van der Waals surface area contributed by atoms with Crippen molar-refractivity contribution in [1.29, 1.82) is 5.26 Å². The Morgan fingerprint density at radius 3 is 2.12 bits per heavy atom. The van der Waals surface area contributed by atoms with Crippen molar-refractivity contribution in [2.24, 2.45) is 0 Å². The van der Waals surface area contributed by atoms with Crippen LogP contribution in [0.3, 0.4) is 0 Å². The normalized spacial score (nSPS) is 11.6. The topological polar surface area (TPSA) is 59.3 Å². The minimum Gasteiger partial charge on any atom is -0.493 e. The van der Waals surface area contributed by atoms with Crippen molar-refractivity contribution in [3.63, 3.8) is 0 Å². The Bertz CT molecular complexity index is 866. The molecule has 0 saturated heterocycles. The van der Waals surface area contributed by atoms with Crippen molar-refractivity contribution < 1.29 is 14.3 Å². The van der Waals surface area contributed by atoms with Gasteiger partial charge in [-0.2, -0.15) is 5.26 Å². The minimum absolute atomic E-state index is 0.00905. The van der Waals surface area contributed by atoms with Gasteiger partial charge >= 0.3 is 0 Å². The third kappa shape index (κ3) is 4.31. The van der Waals surface area contributed by atoms with Gasteiger partial charge in [0.15, 0.2) is 11.5 Å². The zero-order valence-corrected chi connectivity index (χ0v) is 15.8. The number of benzene rings is 2. The van der Waals surface area contributed by atoms with Gasteiger partial charge in [0.2, 0.25) is 5.78 Å². The molecule has 0 aliphatic rings. The second-order valence-corrected chi connectivity index (χ2v) is 6.94. The van der Waals surface area contributed by atoms with E-state index in [1.165, 1.54) is 0 Å². The lowest BCUT2D eigenvalue weighted by Gasteiger charge is -2.18. The predicted octanol–water partition coefficient (Wildman–Crippen LogP) is 4.79. The first-order valence-corrected chi connectivity index (χ1v) is 8.29. The van der Waals surface area contributed by atoms with Crippen LogP contribution in [0.5, 0.6) is 11.5 Å². The second kappa shape index (κ2) is 7.88. The van der Waals surface area contributed by atoms with Gasteiger partial charge in [-0.25, -0.2) is 0 Å². The highest BCUT2D eigenvalue weighted by Crippen LogP contribution is 2.29. The molecule has 0 amide bonds. The molecule has 0 spiro atoms. The third-order valence-corrected chi connectivity index (χ3v) is 4.10. The lowest BCUT2D eigenvalue weighted by molar-refractivity contribution is 0.104. The van der Waals surface area contributed by atoms with Crippen molar-refractivity contribution in [1.82, 2.24) is 0 Å². The number of methoxy groups -OCH3 is 2. The summed E-state index contributed by atoms with van der Waals surface area (Å²) in [5, 5.41) is 9.44. The van der Waals surface area contributed by atoms with E-state index in [2.05, 4.69) is 20.8 Å². The molecule has 0 heterocycles. The maximum atomic E-state index is 12.7. The van der Waals surface area contributed by atoms with E-state index in [9.17, 15) is 10.1 Å². The van der Waals surface area contributed by atoms with Crippen LogP contribution in [0.2, 0.25) is 0 Å². The average molecular weight is 349 g/mol. The number of ether oxygens (including phenoxy) is 2. The Labute approximate surface area is 154 Å². The summed E-state index contributed by atoms with van der Waals surface area (Å²) in [6.45, 7) is 6.34. The largest absolute Gasteiger partial charge is 0.493 e. The Balaban J connectivity index is 2.34.